The van der Waals surface area contributed by atoms with Crippen molar-refractivity contribution in [3.05, 3.63) is 195 Å². The van der Waals surface area contributed by atoms with Crippen molar-refractivity contribution >= 4 is 46.3 Å². The molecule has 0 bridgehead atoms. The lowest BCUT2D eigenvalue weighted by atomic mass is 9.65. The molecule has 3 aliphatic rings. The van der Waals surface area contributed by atoms with Gasteiger partial charge in [-0.15, -0.1) is 5.10 Å². The molecule has 0 aliphatic carbocycles. The Balaban J connectivity index is 1.20. The molecule has 1 spiro atoms. The Morgan fingerprint density at radius 3 is 2.26 bits per heavy atom. The highest BCUT2D eigenvalue weighted by Gasteiger charge is 2.76. The number of esters is 1. The smallest absolute Gasteiger partial charge is 0.421 e. The first-order valence-corrected chi connectivity index (χ1v) is 21.9. The van der Waals surface area contributed by atoms with Crippen LogP contribution in [0.25, 0.3) is 11.0 Å². The summed E-state index contributed by atoms with van der Waals surface area (Å²) >= 11 is 0. The highest BCUT2D eigenvalue weighted by atomic mass is 16.6. The Morgan fingerprint density at radius 1 is 0.841 bits per heavy atom. The van der Waals surface area contributed by atoms with E-state index in [1.54, 1.807) is 70.2 Å². The molecule has 1 aromatic heterocycles. The van der Waals surface area contributed by atoms with Gasteiger partial charge < -0.3 is 24.4 Å². The number of hydrogen-bond acceptors (Lipinski definition) is 13. The van der Waals surface area contributed by atoms with Gasteiger partial charge in [0.15, 0.2) is 0 Å². The van der Waals surface area contributed by atoms with Gasteiger partial charge >= 0.3 is 18.0 Å². The molecule has 2 saturated heterocycles. The summed E-state index contributed by atoms with van der Waals surface area (Å²) in [5.41, 5.74) is 1.20. The first-order valence-electron chi connectivity index (χ1n) is 21.9. The van der Waals surface area contributed by atoms with Crippen molar-refractivity contribution < 1.29 is 48.5 Å². The molecule has 2 N–H and O–H groups in total. The number of nitro groups is 1. The maximum absolute atomic E-state index is 16.2. The summed E-state index contributed by atoms with van der Waals surface area (Å²) in [6.07, 6.45) is -2.20. The second kappa shape index (κ2) is 18.2. The van der Waals surface area contributed by atoms with Crippen molar-refractivity contribution in [2.75, 3.05) is 18.1 Å². The van der Waals surface area contributed by atoms with Crippen LogP contribution in [0.3, 0.4) is 0 Å². The van der Waals surface area contributed by atoms with E-state index in [1.165, 1.54) is 30.3 Å². The maximum atomic E-state index is 16.2. The van der Waals surface area contributed by atoms with Gasteiger partial charge in [0.2, 0.25) is 5.91 Å². The number of aromatic nitrogens is 3. The predicted octanol–water partition coefficient (Wildman–Crippen LogP) is 6.85. The van der Waals surface area contributed by atoms with Gasteiger partial charge in [0.25, 0.3) is 5.69 Å². The number of para-hydroxylation sites is 2. The minimum atomic E-state index is -2.33. The molecule has 344 valence electrons. The number of benzene rings is 6. The molecule has 4 heterocycles. The highest BCUT2D eigenvalue weighted by Crippen LogP contribution is 2.66. The number of aliphatic carboxylic acids is 1. The molecular weight excluding hydrogens is 885 g/mol. The number of nitrogens with zero attached hydrogens (tertiary/aromatic N) is 6. The zero-order valence-electron chi connectivity index (χ0n) is 36.4. The Kier molecular flexibility index (Phi) is 11.6. The van der Waals surface area contributed by atoms with Crippen LogP contribution in [0.4, 0.5) is 16.2 Å². The summed E-state index contributed by atoms with van der Waals surface area (Å²) in [7, 11) is 0. The van der Waals surface area contributed by atoms with E-state index in [-0.39, 0.29) is 48.0 Å². The number of carbonyl (C=O) groups is 4. The summed E-state index contributed by atoms with van der Waals surface area (Å²) in [6, 6.07) is 38.2. The Bertz CT molecular complexity index is 3210. The van der Waals surface area contributed by atoms with Crippen LogP contribution >= 0.6 is 0 Å². The number of carboxylic acid groups (broad SMARTS) is 1. The van der Waals surface area contributed by atoms with E-state index in [1.807, 2.05) is 60.7 Å². The number of amides is 2. The molecule has 69 heavy (non-hydrogen) atoms. The third kappa shape index (κ3) is 7.57. The number of ether oxygens (including phenoxy) is 3. The van der Waals surface area contributed by atoms with Gasteiger partial charge in [0.05, 0.1) is 34.8 Å². The molecular formula is C52H40N6O11. The average Bonchev–Trinajstić information content (AvgIpc) is 4.01. The molecule has 17 heteroatoms. The van der Waals surface area contributed by atoms with Gasteiger partial charge in [-0.05, 0) is 70.8 Å². The third-order valence-electron chi connectivity index (χ3n) is 12.9. The first kappa shape index (κ1) is 44.1. The van der Waals surface area contributed by atoms with E-state index in [0.29, 0.717) is 27.8 Å². The molecule has 0 saturated carbocycles. The fraction of sp³-hybridized carbons (Fsp3) is 0.192. The van der Waals surface area contributed by atoms with Gasteiger partial charge in [0, 0.05) is 23.3 Å². The molecule has 2 amide bonds. The highest BCUT2D eigenvalue weighted by molar-refractivity contribution is 6.23. The normalized spacial score (nSPS) is 21.5. The average molecular weight is 925 g/mol. The number of morpholine rings is 1. The predicted molar refractivity (Wildman–Crippen MR) is 246 cm³/mol. The molecule has 10 rings (SSSR count). The monoisotopic (exact) mass is 924 g/mol. The Hall–Kier alpha value is -8.72. The minimum absolute atomic E-state index is 0.0180. The zero-order valence-corrected chi connectivity index (χ0v) is 36.4. The SMILES string of the molecule is O=C1O[C@H](c2ccccc2)[C@H](c2ccccc2)N2[C@H]1[C@@H](C(=O)O)[C@]1(C(=O)N(C(=O)OCc3ccc([N+](=O)[O-])cc3)c3ccc(C#CCn4nnc5ccccc54)cc31)[C@H]2c1ccccc1OCCO. The van der Waals surface area contributed by atoms with Gasteiger partial charge in [-0.3, -0.25) is 29.4 Å². The molecule has 0 radical (unpaired) electrons. The fourth-order valence-corrected chi connectivity index (χ4v) is 10.1. The van der Waals surface area contributed by atoms with E-state index in [9.17, 15) is 29.9 Å². The number of carboxylic acids is 1. The summed E-state index contributed by atoms with van der Waals surface area (Å²) in [5.74, 6) is 1.06. The number of non-ortho nitro benzene ring substituents is 1. The molecule has 17 nitrogen and oxygen atoms in total. The fourth-order valence-electron chi connectivity index (χ4n) is 10.1. The van der Waals surface area contributed by atoms with Crippen LogP contribution in [0.1, 0.15) is 51.6 Å². The van der Waals surface area contributed by atoms with Crippen LogP contribution in [0, 0.1) is 27.9 Å². The first-order chi connectivity index (χ1) is 33.6. The van der Waals surface area contributed by atoms with E-state index in [2.05, 4.69) is 22.2 Å². The van der Waals surface area contributed by atoms with Crippen molar-refractivity contribution in [1.82, 2.24) is 19.9 Å². The van der Waals surface area contributed by atoms with Gasteiger partial charge in [-0.25, -0.2) is 14.4 Å². The van der Waals surface area contributed by atoms with Crippen LogP contribution in [-0.4, -0.2) is 78.2 Å². The van der Waals surface area contributed by atoms with Crippen LogP contribution in [-0.2, 0) is 42.4 Å². The molecule has 3 aliphatic heterocycles. The maximum Gasteiger partial charge on any atom is 0.421 e. The third-order valence-corrected chi connectivity index (χ3v) is 12.9. The van der Waals surface area contributed by atoms with Crippen LogP contribution < -0.4 is 9.64 Å². The van der Waals surface area contributed by atoms with Gasteiger partial charge in [-0.2, -0.15) is 0 Å². The number of aliphatic hydroxyl groups excluding tert-OH is 1. The number of carbonyl (C=O) groups excluding carboxylic acids is 3. The van der Waals surface area contributed by atoms with Crippen molar-refractivity contribution in [3.8, 4) is 17.6 Å². The summed E-state index contributed by atoms with van der Waals surface area (Å²) in [5, 5.41) is 41.5. The standard InChI is InChI=1S/C52H40N6O11/c59-28-29-67-42-20-10-7-17-37(42)47-52(43(48(60)61)45-49(62)69-46(35-15-5-2-6-16-35)44(57(45)47)34-13-3-1-4-14-34)38-30-32(12-11-27-55-41-19-9-8-18-39(41)53-54-55)23-26-40(38)56(50(52)63)51(64)68-31-33-21-24-36(25-22-33)58(65)66/h1-10,13-26,30,43-47,59H,27-29,31H2,(H,60,61)/t43-,44-,45-,46+,47+,52-/m0/s1. The van der Waals surface area contributed by atoms with Crippen molar-refractivity contribution in [2.45, 2.75) is 42.8 Å². The Labute approximate surface area is 393 Å². The van der Waals surface area contributed by atoms with Crippen LogP contribution in [0.2, 0.25) is 0 Å². The van der Waals surface area contributed by atoms with Crippen molar-refractivity contribution in [3.63, 3.8) is 0 Å². The lowest BCUT2D eigenvalue weighted by Gasteiger charge is -2.46. The zero-order chi connectivity index (χ0) is 47.8. The van der Waals surface area contributed by atoms with Crippen LogP contribution in [0.5, 0.6) is 5.75 Å². The number of imide groups is 1. The molecule has 7 aromatic rings. The van der Waals surface area contributed by atoms with Gasteiger partial charge in [-0.1, -0.05) is 108 Å². The summed E-state index contributed by atoms with van der Waals surface area (Å²) in [6.45, 7) is -0.860. The van der Waals surface area contributed by atoms with Crippen LogP contribution in [0.15, 0.2) is 152 Å². The van der Waals surface area contributed by atoms with Gasteiger partial charge in [0.1, 0.15) is 54.5 Å². The number of anilines is 1. The summed E-state index contributed by atoms with van der Waals surface area (Å²) in [4.78, 5) is 73.6. The number of aliphatic hydroxyl groups is 1. The van der Waals surface area contributed by atoms with E-state index in [4.69, 9.17) is 14.2 Å². The molecule has 6 atom stereocenters. The Morgan fingerprint density at radius 2 is 1.54 bits per heavy atom. The molecule has 0 unspecified atom stereocenters. The topological polar surface area (TPSA) is 217 Å². The van der Waals surface area contributed by atoms with E-state index < -0.39 is 71.0 Å². The van der Waals surface area contributed by atoms with Crippen molar-refractivity contribution in [1.29, 1.82) is 0 Å². The number of fused-ring (bicyclic) bond motifs is 4. The van der Waals surface area contributed by atoms with E-state index >= 15 is 9.59 Å². The molecule has 2 fully saturated rings. The van der Waals surface area contributed by atoms with E-state index in [0.717, 1.165) is 10.4 Å². The number of nitro benzene ring substituents is 1. The second-order valence-corrected chi connectivity index (χ2v) is 16.6. The largest absolute Gasteiger partial charge is 0.491 e. The lowest BCUT2D eigenvalue weighted by molar-refractivity contribution is -0.384. The summed E-state index contributed by atoms with van der Waals surface area (Å²) < 4.78 is 19.9. The second-order valence-electron chi connectivity index (χ2n) is 16.6. The quantitative estimate of drug-likeness (QED) is 0.0587. The number of cyclic esters (lactones) is 1. The molecule has 6 aromatic carbocycles. The van der Waals surface area contributed by atoms with Crippen molar-refractivity contribution in [2.24, 2.45) is 5.92 Å². The number of hydrogen-bond donors (Lipinski definition) is 2. The number of rotatable bonds is 11. The lowest BCUT2D eigenvalue weighted by Crippen LogP contribution is -2.53. The minimum Gasteiger partial charge on any atom is -0.491 e.